The number of carboxylic acid groups (broad SMARTS) is 1. The van der Waals surface area contributed by atoms with E-state index >= 15 is 0 Å². The molecule has 1 aliphatic rings. The van der Waals surface area contributed by atoms with Gasteiger partial charge in [-0.15, -0.1) is 0 Å². The first-order chi connectivity index (χ1) is 12.4. The third-order valence-corrected chi connectivity index (χ3v) is 6.08. The molecule has 3 rings (SSSR count). The number of fused-ring (bicyclic) bond motifs is 2. The Hall–Kier alpha value is -2.61. The molecule has 8 heteroatoms. The van der Waals surface area contributed by atoms with Crippen LogP contribution in [0.1, 0.15) is 25.7 Å². The standard InChI is InChI=1S/C18H19FN2O4S/c19-13-9-10-14-16(12-13)21(11-5-1-2-8-18(22)23)26(24,25)17-7-4-3-6-15(17)20-14/h3-4,6-7,9-10,12,20H,1-2,5,8,11H2,(H,22,23). The number of halogens is 1. The lowest BCUT2D eigenvalue weighted by Gasteiger charge is -2.24. The minimum Gasteiger partial charge on any atom is -0.481 e. The summed E-state index contributed by atoms with van der Waals surface area (Å²) in [5.41, 5.74) is 1.19. The number of para-hydroxylation sites is 1. The normalized spacial score (nSPS) is 14.7. The number of hydrogen-bond acceptors (Lipinski definition) is 4. The molecule has 1 aliphatic heterocycles. The number of carboxylic acids is 1. The van der Waals surface area contributed by atoms with Crippen LogP contribution in [0.15, 0.2) is 47.4 Å². The summed E-state index contributed by atoms with van der Waals surface area (Å²) in [6.07, 6.45) is 1.55. The van der Waals surface area contributed by atoms with Crippen molar-refractivity contribution in [2.45, 2.75) is 30.6 Å². The summed E-state index contributed by atoms with van der Waals surface area (Å²) in [5.74, 6) is -1.40. The fourth-order valence-electron chi connectivity index (χ4n) is 2.95. The first kappa shape index (κ1) is 18.2. The van der Waals surface area contributed by atoms with Gasteiger partial charge in [-0.05, 0) is 37.1 Å². The zero-order chi connectivity index (χ0) is 18.7. The Labute approximate surface area is 151 Å². The zero-order valence-corrected chi connectivity index (χ0v) is 14.8. The molecule has 138 valence electrons. The number of nitrogens with one attached hydrogen (secondary N) is 1. The maximum absolute atomic E-state index is 13.8. The molecule has 0 aromatic heterocycles. The van der Waals surface area contributed by atoms with E-state index in [0.29, 0.717) is 30.6 Å². The summed E-state index contributed by atoms with van der Waals surface area (Å²) in [4.78, 5) is 10.7. The van der Waals surface area contributed by atoms with Crippen molar-refractivity contribution in [3.8, 4) is 0 Å². The van der Waals surface area contributed by atoms with Crippen molar-refractivity contribution < 1.29 is 22.7 Å². The highest BCUT2D eigenvalue weighted by molar-refractivity contribution is 7.93. The average Bonchev–Trinajstić information content (AvgIpc) is 2.68. The van der Waals surface area contributed by atoms with Crippen molar-refractivity contribution >= 4 is 33.1 Å². The molecular formula is C18H19FN2O4S. The van der Waals surface area contributed by atoms with Gasteiger partial charge in [0.05, 0.1) is 17.1 Å². The first-order valence-corrected chi connectivity index (χ1v) is 9.74. The van der Waals surface area contributed by atoms with Gasteiger partial charge in [0, 0.05) is 19.0 Å². The summed E-state index contributed by atoms with van der Waals surface area (Å²) >= 11 is 0. The van der Waals surface area contributed by atoms with Crippen LogP contribution in [0.2, 0.25) is 0 Å². The summed E-state index contributed by atoms with van der Waals surface area (Å²) in [6.45, 7) is 0.147. The lowest BCUT2D eigenvalue weighted by atomic mass is 10.2. The molecule has 0 spiro atoms. The van der Waals surface area contributed by atoms with Crippen LogP contribution in [0.3, 0.4) is 0 Å². The predicted molar refractivity (Wildman–Crippen MR) is 96.8 cm³/mol. The fraction of sp³-hybridized carbons (Fsp3) is 0.278. The molecule has 0 unspecified atom stereocenters. The molecule has 2 aromatic carbocycles. The highest BCUT2D eigenvalue weighted by Crippen LogP contribution is 2.39. The molecule has 0 saturated heterocycles. The molecule has 26 heavy (non-hydrogen) atoms. The van der Waals surface area contributed by atoms with Crippen LogP contribution in [0.5, 0.6) is 0 Å². The Kier molecular flexibility index (Phi) is 5.13. The topological polar surface area (TPSA) is 86.7 Å². The van der Waals surface area contributed by atoms with E-state index < -0.39 is 21.8 Å². The second-order valence-corrected chi connectivity index (χ2v) is 7.89. The number of benzene rings is 2. The molecular weight excluding hydrogens is 359 g/mol. The van der Waals surface area contributed by atoms with Gasteiger partial charge in [0.1, 0.15) is 10.7 Å². The van der Waals surface area contributed by atoms with Gasteiger partial charge in [-0.3, -0.25) is 9.10 Å². The van der Waals surface area contributed by atoms with Crippen LogP contribution in [-0.2, 0) is 14.8 Å². The molecule has 0 bridgehead atoms. The van der Waals surface area contributed by atoms with Gasteiger partial charge in [0.2, 0.25) is 0 Å². The van der Waals surface area contributed by atoms with E-state index in [1.54, 1.807) is 18.2 Å². The average molecular weight is 378 g/mol. The maximum Gasteiger partial charge on any atom is 0.303 e. The Morgan fingerprint density at radius 1 is 1.08 bits per heavy atom. The minimum absolute atomic E-state index is 0.0440. The predicted octanol–water partition coefficient (Wildman–Crippen LogP) is 3.72. The van der Waals surface area contributed by atoms with E-state index in [1.165, 1.54) is 28.6 Å². The van der Waals surface area contributed by atoms with E-state index in [0.717, 1.165) is 0 Å². The Morgan fingerprint density at radius 3 is 2.62 bits per heavy atom. The Bertz CT molecular complexity index is 931. The van der Waals surface area contributed by atoms with Gasteiger partial charge >= 0.3 is 5.97 Å². The van der Waals surface area contributed by atoms with Gasteiger partial charge in [0.15, 0.2) is 0 Å². The van der Waals surface area contributed by atoms with E-state index in [2.05, 4.69) is 5.32 Å². The van der Waals surface area contributed by atoms with Gasteiger partial charge in [-0.25, -0.2) is 12.8 Å². The minimum atomic E-state index is -3.87. The lowest BCUT2D eigenvalue weighted by molar-refractivity contribution is -0.137. The second kappa shape index (κ2) is 7.33. The van der Waals surface area contributed by atoms with Gasteiger partial charge < -0.3 is 10.4 Å². The molecule has 0 radical (unpaired) electrons. The quantitative estimate of drug-likeness (QED) is 0.748. The number of nitrogens with zero attached hydrogens (tertiary/aromatic N) is 1. The van der Waals surface area contributed by atoms with Crippen LogP contribution in [0, 0.1) is 5.82 Å². The number of anilines is 3. The van der Waals surface area contributed by atoms with Gasteiger partial charge in [-0.1, -0.05) is 18.6 Å². The molecule has 0 fully saturated rings. The molecule has 2 aromatic rings. The Morgan fingerprint density at radius 2 is 1.85 bits per heavy atom. The number of carbonyl (C=O) groups is 1. The van der Waals surface area contributed by atoms with Gasteiger partial charge in [0.25, 0.3) is 10.0 Å². The van der Waals surface area contributed by atoms with Crippen LogP contribution in [0.4, 0.5) is 21.5 Å². The van der Waals surface area contributed by atoms with Crippen LogP contribution >= 0.6 is 0 Å². The summed E-state index contributed by atoms with van der Waals surface area (Å²) in [7, 11) is -3.87. The number of sulfonamides is 1. The molecule has 6 nitrogen and oxygen atoms in total. The molecule has 2 N–H and O–H groups in total. The Balaban J connectivity index is 1.95. The summed E-state index contributed by atoms with van der Waals surface area (Å²) in [5, 5.41) is 11.8. The van der Waals surface area contributed by atoms with E-state index in [4.69, 9.17) is 5.11 Å². The zero-order valence-electron chi connectivity index (χ0n) is 14.0. The second-order valence-electron chi connectivity index (χ2n) is 6.06. The molecule has 1 heterocycles. The van der Waals surface area contributed by atoms with Crippen molar-refractivity contribution in [3.63, 3.8) is 0 Å². The largest absolute Gasteiger partial charge is 0.481 e. The van der Waals surface area contributed by atoms with Crippen molar-refractivity contribution in [3.05, 3.63) is 48.3 Å². The number of rotatable bonds is 6. The molecule has 0 atom stereocenters. The van der Waals surface area contributed by atoms with E-state index in [9.17, 15) is 17.6 Å². The van der Waals surface area contributed by atoms with E-state index in [1.807, 2.05) is 0 Å². The van der Waals surface area contributed by atoms with Crippen molar-refractivity contribution in [1.29, 1.82) is 0 Å². The first-order valence-electron chi connectivity index (χ1n) is 8.30. The SMILES string of the molecule is O=C(O)CCCCCN1c2cc(F)ccc2Nc2ccccc2S1(=O)=O. The highest BCUT2D eigenvalue weighted by Gasteiger charge is 2.32. The summed E-state index contributed by atoms with van der Waals surface area (Å²) < 4.78 is 41.3. The third kappa shape index (κ3) is 3.65. The van der Waals surface area contributed by atoms with Crippen molar-refractivity contribution in [2.75, 3.05) is 16.2 Å². The third-order valence-electron chi connectivity index (χ3n) is 4.20. The molecule has 0 saturated carbocycles. The van der Waals surface area contributed by atoms with Crippen LogP contribution < -0.4 is 9.62 Å². The maximum atomic E-state index is 13.8. The number of aliphatic carboxylic acids is 1. The monoisotopic (exact) mass is 378 g/mol. The number of hydrogen-bond donors (Lipinski definition) is 2. The fourth-order valence-corrected chi connectivity index (χ4v) is 4.62. The molecule has 0 amide bonds. The summed E-state index contributed by atoms with van der Waals surface area (Å²) in [6, 6.07) is 10.5. The van der Waals surface area contributed by atoms with Crippen molar-refractivity contribution in [1.82, 2.24) is 0 Å². The number of unbranched alkanes of at least 4 members (excludes halogenated alkanes) is 2. The van der Waals surface area contributed by atoms with Gasteiger partial charge in [-0.2, -0.15) is 0 Å². The van der Waals surface area contributed by atoms with Crippen molar-refractivity contribution in [2.24, 2.45) is 0 Å². The van der Waals surface area contributed by atoms with Crippen LogP contribution in [0.25, 0.3) is 0 Å². The smallest absolute Gasteiger partial charge is 0.303 e. The lowest BCUT2D eigenvalue weighted by Crippen LogP contribution is -2.31. The highest BCUT2D eigenvalue weighted by atomic mass is 32.2. The van der Waals surface area contributed by atoms with E-state index in [-0.39, 0.29) is 23.5 Å². The molecule has 0 aliphatic carbocycles. The van der Waals surface area contributed by atoms with Crippen LogP contribution in [-0.4, -0.2) is 26.0 Å².